The molecule has 2 amide bonds. The number of halogens is 4. The number of anilines is 1. The van der Waals surface area contributed by atoms with E-state index in [1.807, 2.05) is 13.8 Å². The molecule has 0 unspecified atom stereocenters. The highest BCUT2D eigenvalue weighted by Gasteiger charge is 2.34. The molecule has 0 spiro atoms. The summed E-state index contributed by atoms with van der Waals surface area (Å²) in [6.45, 7) is 4.26. The van der Waals surface area contributed by atoms with Crippen molar-refractivity contribution in [3.63, 3.8) is 0 Å². The summed E-state index contributed by atoms with van der Waals surface area (Å²) in [5.74, 6) is -1.05. The van der Waals surface area contributed by atoms with Gasteiger partial charge in [-0.25, -0.2) is 0 Å². The van der Waals surface area contributed by atoms with Gasteiger partial charge in [0.05, 0.1) is 11.3 Å². The second kappa shape index (κ2) is 8.39. The monoisotopic (exact) mass is 399 g/mol. The predicted molar refractivity (Wildman–Crippen MR) is 95.8 cm³/mol. The fourth-order valence-electron chi connectivity index (χ4n) is 2.14. The van der Waals surface area contributed by atoms with E-state index in [0.29, 0.717) is 6.54 Å². The molecule has 9 heteroatoms. The molecule has 1 aromatic heterocycles. The molecule has 0 atom stereocenters. The average molecular weight is 400 g/mol. The molecule has 1 aromatic carbocycles. The van der Waals surface area contributed by atoms with Crippen LogP contribution in [0.25, 0.3) is 0 Å². The molecule has 1 heterocycles. The molecule has 2 rings (SSSR count). The van der Waals surface area contributed by atoms with Crippen LogP contribution in [0.5, 0.6) is 0 Å². The van der Waals surface area contributed by atoms with Crippen LogP contribution in [0, 0.1) is 5.92 Å². The topological polar surface area (TPSA) is 71.1 Å². The standard InChI is InChI=1S/C18H17ClF3N3O2/c1-10(2)9-24-17(27)15-7-11(5-6-23-15)16(26)25-14-4-3-12(19)8-13(14)18(20,21)22/h3-8,10H,9H2,1-2H3,(H,24,27)(H,25,26). The van der Waals surface area contributed by atoms with Crippen LogP contribution < -0.4 is 10.6 Å². The molecule has 2 N–H and O–H groups in total. The van der Waals surface area contributed by atoms with Crippen LogP contribution >= 0.6 is 11.6 Å². The lowest BCUT2D eigenvalue weighted by atomic mass is 10.1. The van der Waals surface area contributed by atoms with Crippen LogP contribution in [0.3, 0.4) is 0 Å². The molecule has 27 heavy (non-hydrogen) atoms. The van der Waals surface area contributed by atoms with Crippen LogP contribution in [0.15, 0.2) is 36.5 Å². The van der Waals surface area contributed by atoms with Gasteiger partial charge >= 0.3 is 6.18 Å². The van der Waals surface area contributed by atoms with Crippen molar-refractivity contribution in [2.24, 2.45) is 5.92 Å². The second-order valence-electron chi connectivity index (χ2n) is 6.18. The first-order valence-corrected chi connectivity index (χ1v) is 8.38. The summed E-state index contributed by atoms with van der Waals surface area (Å²) in [6, 6.07) is 5.56. The number of hydrogen-bond acceptors (Lipinski definition) is 3. The van der Waals surface area contributed by atoms with E-state index >= 15 is 0 Å². The van der Waals surface area contributed by atoms with Gasteiger partial charge in [-0.3, -0.25) is 14.6 Å². The smallest absolute Gasteiger partial charge is 0.350 e. The largest absolute Gasteiger partial charge is 0.418 e. The summed E-state index contributed by atoms with van der Waals surface area (Å²) in [7, 11) is 0. The van der Waals surface area contributed by atoms with Gasteiger partial charge in [0.25, 0.3) is 11.8 Å². The number of carbonyl (C=O) groups is 2. The highest BCUT2D eigenvalue weighted by atomic mass is 35.5. The van der Waals surface area contributed by atoms with Gasteiger partial charge in [-0.05, 0) is 36.2 Å². The van der Waals surface area contributed by atoms with Crippen molar-refractivity contribution in [3.8, 4) is 0 Å². The SMILES string of the molecule is CC(C)CNC(=O)c1cc(C(=O)Nc2ccc(Cl)cc2C(F)(F)F)ccn1. The molecule has 0 aliphatic heterocycles. The highest BCUT2D eigenvalue weighted by molar-refractivity contribution is 6.30. The first-order chi connectivity index (χ1) is 12.6. The first kappa shape index (κ1) is 20.7. The molecule has 0 aliphatic carbocycles. The molecule has 0 radical (unpaired) electrons. The van der Waals surface area contributed by atoms with Crippen molar-refractivity contribution in [1.82, 2.24) is 10.3 Å². The Kier molecular flexibility index (Phi) is 6.43. The van der Waals surface area contributed by atoms with Gasteiger partial charge in [-0.2, -0.15) is 13.2 Å². The van der Waals surface area contributed by atoms with Crippen LogP contribution in [-0.4, -0.2) is 23.3 Å². The summed E-state index contributed by atoms with van der Waals surface area (Å²) >= 11 is 5.62. The Labute approximate surface area is 158 Å². The number of aromatic nitrogens is 1. The summed E-state index contributed by atoms with van der Waals surface area (Å²) in [4.78, 5) is 28.3. The molecule has 0 fully saturated rings. The first-order valence-electron chi connectivity index (χ1n) is 8.00. The molecule has 0 aliphatic rings. The zero-order valence-electron chi connectivity index (χ0n) is 14.5. The Morgan fingerprint density at radius 3 is 2.48 bits per heavy atom. The number of nitrogens with zero attached hydrogens (tertiary/aromatic N) is 1. The summed E-state index contributed by atoms with van der Waals surface area (Å²) in [5.41, 5.74) is -1.50. The average Bonchev–Trinajstić information content (AvgIpc) is 2.60. The maximum Gasteiger partial charge on any atom is 0.418 e. The number of benzene rings is 1. The van der Waals surface area contributed by atoms with Gasteiger partial charge in [-0.15, -0.1) is 0 Å². The second-order valence-corrected chi connectivity index (χ2v) is 6.61. The van der Waals surface area contributed by atoms with E-state index < -0.39 is 29.2 Å². The van der Waals surface area contributed by atoms with E-state index in [0.717, 1.165) is 12.1 Å². The Hall–Kier alpha value is -2.61. The number of nitrogens with one attached hydrogen (secondary N) is 2. The number of pyridine rings is 1. The van der Waals surface area contributed by atoms with Crippen molar-refractivity contribution in [1.29, 1.82) is 0 Å². The van der Waals surface area contributed by atoms with Crippen LogP contribution in [0.4, 0.5) is 18.9 Å². The number of amides is 2. The van der Waals surface area contributed by atoms with Crippen molar-refractivity contribution in [2.75, 3.05) is 11.9 Å². The molecule has 0 saturated carbocycles. The van der Waals surface area contributed by atoms with Crippen LogP contribution in [-0.2, 0) is 6.18 Å². The Balaban J connectivity index is 2.22. The van der Waals surface area contributed by atoms with Crippen molar-refractivity contribution in [3.05, 3.63) is 58.4 Å². The molecular formula is C18H17ClF3N3O2. The molecular weight excluding hydrogens is 383 g/mol. The zero-order valence-corrected chi connectivity index (χ0v) is 15.3. The molecule has 0 saturated heterocycles. The van der Waals surface area contributed by atoms with Gasteiger partial charge in [0, 0.05) is 23.3 Å². The van der Waals surface area contributed by atoms with Gasteiger partial charge in [0.2, 0.25) is 0 Å². The molecule has 2 aromatic rings. The zero-order chi connectivity index (χ0) is 20.2. The lowest BCUT2D eigenvalue weighted by Crippen LogP contribution is -2.28. The Bertz CT molecular complexity index is 854. The third-order valence-corrected chi connectivity index (χ3v) is 3.70. The van der Waals surface area contributed by atoms with Gasteiger partial charge < -0.3 is 10.6 Å². The number of carbonyl (C=O) groups excluding carboxylic acids is 2. The third kappa shape index (κ3) is 5.68. The summed E-state index contributed by atoms with van der Waals surface area (Å²) in [5, 5.41) is 4.75. The Morgan fingerprint density at radius 2 is 1.85 bits per heavy atom. The lowest BCUT2D eigenvalue weighted by molar-refractivity contribution is -0.136. The van der Waals surface area contributed by atoms with E-state index in [-0.39, 0.29) is 22.2 Å². The molecule has 144 valence electrons. The summed E-state index contributed by atoms with van der Waals surface area (Å²) < 4.78 is 39.4. The highest BCUT2D eigenvalue weighted by Crippen LogP contribution is 2.36. The maximum absolute atomic E-state index is 13.1. The van der Waals surface area contributed by atoms with Crippen molar-refractivity contribution >= 4 is 29.1 Å². The van der Waals surface area contributed by atoms with Gasteiger partial charge in [0.1, 0.15) is 5.69 Å². The maximum atomic E-state index is 13.1. The fraction of sp³-hybridized carbons (Fsp3) is 0.278. The third-order valence-electron chi connectivity index (χ3n) is 3.46. The van der Waals surface area contributed by atoms with Crippen LogP contribution in [0.2, 0.25) is 5.02 Å². The van der Waals surface area contributed by atoms with Gasteiger partial charge in [-0.1, -0.05) is 25.4 Å². The van der Waals surface area contributed by atoms with E-state index in [2.05, 4.69) is 15.6 Å². The van der Waals surface area contributed by atoms with Crippen molar-refractivity contribution < 1.29 is 22.8 Å². The number of rotatable bonds is 5. The normalized spacial score (nSPS) is 11.4. The minimum Gasteiger partial charge on any atom is -0.350 e. The van der Waals surface area contributed by atoms with E-state index in [9.17, 15) is 22.8 Å². The van der Waals surface area contributed by atoms with Crippen LogP contribution in [0.1, 0.15) is 40.3 Å². The number of hydrogen-bond donors (Lipinski definition) is 2. The minimum atomic E-state index is -4.69. The van der Waals surface area contributed by atoms with Gasteiger partial charge in [0.15, 0.2) is 0 Å². The summed E-state index contributed by atoms with van der Waals surface area (Å²) in [6.07, 6.45) is -3.45. The quantitative estimate of drug-likeness (QED) is 0.783. The molecule has 5 nitrogen and oxygen atoms in total. The van der Waals surface area contributed by atoms with E-state index in [1.165, 1.54) is 24.4 Å². The predicted octanol–water partition coefficient (Wildman–Crippen LogP) is 4.39. The molecule has 0 bridgehead atoms. The Morgan fingerprint density at radius 1 is 1.15 bits per heavy atom. The van der Waals surface area contributed by atoms with E-state index in [4.69, 9.17) is 11.6 Å². The lowest BCUT2D eigenvalue weighted by Gasteiger charge is -2.14. The number of alkyl halides is 3. The van der Waals surface area contributed by atoms with E-state index in [1.54, 1.807) is 0 Å². The fourth-order valence-corrected chi connectivity index (χ4v) is 2.31. The van der Waals surface area contributed by atoms with Crippen molar-refractivity contribution in [2.45, 2.75) is 20.0 Å². The minimum absolute atomic E-state index is 0.00257.